The van der Waals surface area contributed by atoms with E-state index in [2.05, 4.69) is 5.18 Å². The predicted octanol–water partition coefficient (Wildman–Crippen LogP) is 3.29. The molecule has 0 aliphatic carbocycles. The lowest BCUT2D eigenvalue weighted by atomic mass is 10.1. The molecule has 24 heavy (non-hydrogen) atoms. The average Bonchev–Trinajstić information content (AvgIpc) is 3.05. The lowest BCUT2D eigenvalue weighted by molar-refractivity contribution is -0.214. The molecule has 2 fully saturated rings. The third-order valence-electron chi connectivity index (χ3n) is 4.20. The number of hydrogen-bond donors (Lipinski definition) is 0. The molecule has 0 saturated carbocycles. The first-order chi connectivity index (χ1) is 11.4. The zero-order chi connectivity index (χ0) is 17.3. The van der Waals surface area contributed by atoms with E-state index >= 15 is 0 Å². The SMILES string of the molecule is CC[C@H](OC(=O)c1ccc(N=O)cc1)[C@@H]1C[C@H]2OC(C)(C)O[C@H]2O1. The molecule has 1 aromatic carbocycles. The van der Waals surface area contributed by atoms with Crippen LogP contribution in [0.2, 0.25) is 0 Å². The number of carbonyl (C=O) groups is 1. The normalized spacial score (nSPS) is 29.0. The molecule has 1 aromatic rings. The summed E-state index contributed by atoms with van der Waals surface area (Å²) in [6.45, 7) is 5.62. The van der Waals surface area contributed by atoms with E-state index in [1.165, 1.54) is 24.3 Å². The molecule has 7 heteroatoms. The van der Waals surface area contributed by atoms with Gasteiger partial charge in [-0.25, -0.2) is 4.79 Å². The Morgan fingerprint density at radius 3 is 2.62 bits per heavy atom. The van der Waals surface area contributed by atoms with Gasteiger partial charge in [0.25, 0.3) is 0 Å². The largest absolute Gasteiger partial charge is 0.456 e. The van der Waals surface area contributed by atoms with Gasteiger partial charge in [0.15, 0.2) is 12.1 Å². The van der Waals surface area contributed by atoms with E-state index in [0.29, 0.717) is 18.4 Å². The van der Waals surface area contributed by atoms with Crippen molar-refractivity contribution < 1.29 is 23.7 Å². The number of carbonyl (C=O) groups excluding carboxylic acids is 1. The molecular weight excluding hydrogens is 314 g/mol. The molecular formula is C17H21NO6. The maximum atomic E-state index is 12.3. The second kappa shape index (κ2) is 6.58. The summed E-state index contributed by atoms with van der Waals surface area (Å²) < 4.78 is 22.9. The molecule has 130 valence electrons. The van der Waals surface area contributed by atoms with Crippen LogP contribution in [0.15, 0.2) is 29.4 Å². The maximum absolute atomic E-state index is 12.3. The van der Waals surface area contributed by atoms with Crippen molar-refractivity contribution in [2.24, 2.45) is 5.18 Å². The fourth-order valence-corrected chi connectivity index (χ4v) is 3.06. The minimum Gasteiger partial charge on any atom is -0.456 e. The van der Waals surface area contributed by atoms with Crippen LogP contribution in [-0.2, 0) is 18.9 Å². The topological polar surface area (TPSA) is 83.4 Å². The van der Waals surface area contributed by atoms with Gasteiger partial charge in [0.2, 0.25) is 0 Å². The Balaban J connectivity index is 1.61. The van der Waals surface area contributed by atoms with Gasteiger partial charge in [0.1, 0.15) is 24.0 Å². The first kappa shape index (κ1) is 17.0. The van der Waals surface area contributed by atoms with Gasteiger partial charge < -0.3 is 18.9 Å². The van der Waals surface area contributed by atoms with Gasteiger partial charge in [-0.05, 0) is 49.7 Å². The summed E-state index contributed by atoms with van der Waals surface area (Å²) in [5, 5.41) is 2.81. The number of esters is 1. The lowest BCUT2D eigenvalue weighted by Gasteiger charge is -2.25. The monoisotopic (exact) mass is 335 g/mol. The quantitative estimate of drug-likeness (QED) is 0.606. The Labute approximate surface area is 140 Å². The molecule has 2 aliphatic heterocycles. The minimum absolute atomic E-state index is 0.143. The molecule has 2 aliphatic rings. The summed E-state index contributed by atoms with van der Waals surface area (Å²) in [5.41, 5.74) is 0.634. The van der Waals surface area contributed by atoms with Crippen molar-refractivity contribution in [3.63, 3.8) is 0 Å². The molecule has 2 heterocycles. The summed E-state index contributed by atoms with van der Waals surface area (Å²) in [5.74, 6) is -1.10. The van der Waals surface area contributed by atoms with Crippen LogP contribution in [0.4, 0.5) is 5.69 Å². The van der Waals surface area contributed by atoms with Gasteiger partial charge in [-0.15, -0.1) is 4.91 Å². The maximum Gasteiger partial charge on any atom is 0.338 e. The van der Waals surface area contributed by atoms with Crippen molar-refractivity contribution in [1.82, 2.24) is 0 Å². The molecule has 0 spiro atoms. The van der Waals surface area contributed by atoms with E-state index in [0.717, 1.165) is 0 Å². The predicted molar refractivity (Wildman–Crippen MR) is 84.7 cm³/mol. The molecule has 4 atom stereocenters. The number of rotatable bonds is 5. The molecule has 0 N–H and O–H groups in total. The summed E-state index contributed by atoms with van der Waals surface area (Å²) >= 11 is 0. The van der Waals surface area contributed by atoms with E-state index in [1.807, 2.05) is 20.8 Å². The van der Waals surface area contributed by atoms with Crippen LogP contribution in [0.25, 0.3) is 0 Å². The van der Waals surface area contributed by atoms with Gasteiger partial charge in [0.05, 0.1) is 5.56 Å². The number of fused-ring (bicyclic) bond motifs is 1. The second-order valence-electron chi connectivity index (χ2n) is 6.44. The third kappa shape index (κ3) is 3.48. The highest BCUT2D eigenvalue weighted by Crippen LogP contribution is 2.38. The fraction of sp³-hybridized carbons (Fsp3) is 0.588. The molecule has 0 radical (unpaired) electrons. The molecule has 3 rings (SSSR count). The van der Waals surface area contributed by atoms with Crippen molar-refractivity contribution in [2.45, 2.75) is 64.0 Å². The van der Waals surface area contributed by atoms with Crippen LogP contribution in [0.3, 0.4) is 0 Å². The Hall–Kier alpha value is -1.83. The summed E-state index contributed by atoms with van der Waals surface area (Å²) in [4.78, 5) is 22.7. The molecule has 7 nitrogen and oxygen atoms in total. The average molecular weight is 335 g/mol. The van der Waals surface area contributed by atoms with Crippen LogP contribution < -0.4 is 0 Å². The highest BCUT2D eigenvalue weighted by Gasteiger charge is 2.50. The van der Waals surface area contributed by atoms with Gasteiger partial charge in [0, 0.05) is 6.42 Å². The number of benzene rings is 1. The highest BCUT2D eigenvalue weighted by atomic mass is 16.8. The molecule has 0 amide bonds. The molecule has 0 aromatic heterocycles. The van der Waals surface area contributed by atoms with E-state index in [4.69, 9.17) is 18.9 Å². The zero-order valence-electron chi connectivity index (χ0n) is 13.9. The van der Waals surface area contributed by atoms with Crippen molar-refractivity contribution in [3.8, 4) is 0 Å². The van der Waals surface area contributed by atoms with Gasteiger partial charge >= 0.3 is 5.97 Å². The molecule has 0 unspecified atom stereocenters. The Morgan fingerprint density at radius 1 is 1.33 bits per heavy atom. The van der Waals surface area contributed by atoms with Crippen LogP contribution >= 0.6 is 0 Å². The fourth-order valence-electron chi connectivity index (χ4n) is 3.06. The van der Waals surface area contributed by atoms with E-state index < -0.39 is 18.0 Å². The molecule has 2 saturated heterocycles. The van der Waals surface area contributed by atoms with Gasteiger partial charge in [-0.3, -0.25) is 0 Å². The van der Waals surface area contributed by atoms with Crippen molar-refractivity contribution in [2.75, 3.05) is 0 Å². The number of ether oxygens (including phenoxy) is 4. The van der Waals surface area contributed by atoms with Crippen LogP contribution in [0, 0.1) is 4.91 Å². The van der Waals surface area contributed by atoms with Gasteiger partial charge in [-0.1, -0.05) is 6.92 Å². The van der Waals surface area contributed by atoms with E-state index in [9.17, 15) is 9.70 Å². The number of nitroso groups, excluding NO2 is 1. The van der Waals surface area contributed by atoms with E-state index in [1.54, 1.807) is 0 Å². The second-order valence-corrected chi connectivity index (χ2v) is 6.44. The molecule has 0 bridgehead atoms. The third-order valence-corrected chi connectivity index (χ3v) is 4.20. The zero-order valence-corrected chi connectivity index (χ0v) is 13.9. The summed E-state index contributed by atoms with van der Waals surface area (Å²) in [6, 6.07) is 5.99. The number of nitrogens with zero attached hydrogens (tertiary/aromatic N) is 1. The smallest absolute Gasteiger partial charge is 0.338 e. The van der Waals surface area contributed by atoms with Gasteiger partial charge in [-0.2, -0.15) is 0 Å². The summed E-state index contributed by atoms with van der Waals surface area (Å²) in [7, 11) is 0. The summed E-state index contributed by atoms with van der Waals surface area (Å²) in [6.07, 6.45) is 0.0239. The first-order valence-corrected chi connectivity index (χ1v) is 8.07. The van der Waals surface area contributed by atoms with E-state index in [-0.39, 0.29) is 24.0 Å². The van der Waals surface area contributed by atoms with Crippen molar-refractivity contribution in [1.29, 1.82) is 0 Å². The van der Waals surface area contributed by atoms with Crippen LogP contribution in [0.1, 0.15) is 44.0 Å². The first-order valence-electron chi connectivity index (χ1n) is 8.07. The highest BCUT2D eigenvalue weighted by molar-refractivity contribution is 5.89. The Morgan fingerprint density at radius 2 is 2.04 bits per heavy atom. The van der Waals surface area contributed by atoms with Crippen LogP contribution in [-0.4, -0.2) is 36.4 Å². The Kier molecular flexibility index (Phi) is 4.67. The lowest BCUT2D eigenvalue weighted by Crippen LogP contribution is -2.33. The number of hydrogen-bond acceptors (Lipinski definition) is 7. The van der Waals surface area contributed by atoms with Crippen LogP contribution in [0.5, 0.6) is 0 Å². The van der Waals surface area contributed by atoms with Crippen molar-refractivity contribution >= 4 is 11.7 Å². The Bertz CT molecular complexity index is 598. The standard InChI is InChI=1S/C17H21NO6/c1-4-12(13-9-14-16(22-13)24-17(2,3)23-14)21-15(19)10-5-7-11(18-20)8-6-10/h5-8,12-14,16H,4,9H2,1-3H3/t12-,13-,14+,16+/m0/s1. The minimum atomic E-state index is -0.646. The van der Waals surface area contributed by atoms with Crippen molar-refractivity contribution in [3.05, 3.63) is 34.7 Å².